The highest BCUT2D eigenvalue weighted by atomic mass is 127. The number of hydrogen-bond donors (Lipinski definition) is 1. The van der Waals surface area contributed by atoms with Crippen LogP contribution in [0.4, 0.5) is 13.2 Å². The Kier molecular flexibility index (Phi) is 3.26. The molecule has 0 aliphatic heterocycles. The molecule has 0 saturated heterocycles. The molecule has 1 aromatic heterocycles. The van der Waals surface area contributed by atoms with Crippen molar-refractivity contribution in [2.75, 3.05) is 0 Å². The SMILES string of the molecule is NS(=O)(=O)c1cc(C(F)(F)F)ncc1I. The third kappa shape index (κ3) is 3.01. The largest absolute Gasteiger partial charge is 0.433 e. The topological polar surface area (TPSA) is 73.1 Å². The average molecular weight is 352 g/mol. The lowest BCUT2D eigenvalue weighted by Crippen LogP contribution is -2.17. The van der Waals surface area contributed by atoms with Gasteiger partial charge in [0.05, 0.1) is 8.47 Å². The van der Waals surface area contributed by atoms with Crippen molar-refractivity contribution in [3.8, 4) is 0 Å². The van der Waals surface area contributed by atoms with Gasteiger partial charge in [-0.2, -0.15) is 13.2 Å². The molecule has 0 unspecified atom stereocenters. The number of sulfonamides is 1. The molecule has 0 bridgehead atoms. The number of pyridine rings is 1. The summed E-state index contributed by atoms with van der Waals surface area (Å²) in [5, 5.41) is 4.74. The van der Waals surface area contributed by atoms with E-state index in [1.54, 1.807) is 22.6 Å². The first-order valence-electron chi connectivity index (χ1n) is 3.38. The van der Waals surface area contributed by atoms with Gasteiger partial charge in [0.2, 0.25) is 10.0 Å². The van der Waals surface area contributed by atoms with Crippen LogP contribution in [0.25, 0.3) is 0 Å². The van der Waals surface area contributed by atoms with E-state index in [2.05, 4.69) is 4.98 Å². The molecule has 0 radical (unpaired) electrons. The number of hydrogen-bond acceptors (Lipinski definition) is 3. The lowest BCUT2D eigenvalue weighted by molar-refractivity contribution is -0.141. The predicted molar refractivity (Wildman–Crippen MR) is 53.3 cm³/mol. The van der Waals surface area contributed by atoms with Crippen LogP contribution in [-0.4, -0.2) is 13.4 Å². The summed E-state index contributed by atoms with van der Waals surface area (Å²) in [6, 6.07) is 0.414. The zero-order valence-corrected chi connectivity index (χ0v) is 9.89. The third-order valence-corrected chi connectivity index (χ3v) is 3.59. The van der Waals surface area contributed by atoms with Crippen molar-refractivity contribution in [1.82, 2.24) is 4.98 Å². The van der Waals surface area contributed by atoms with Crippen molar-refractivity contribution in [3.05, 3.63) is 21.5 Å². The summed E-state index contributed by atoms with van der Waals surface area (Å²) in [7, 11) is -4.16. The fourth-order valence-corrected chi connectivity index (χ4v) is 2.61. The first kappa shape index (κ1) is 12.6. The Bertz CT molecular complexity index is 486. The molecule has 0 amide bonds. The van der Waals surface area contributed by atoms with E-state index in [1.807, 2.05) is 0 Å². The van der Waals surface area contributed by atoms with Crippen LogP contribution in [0, 0.1) is 3.57 Å². The fraction of sp³-hybridized carbons (Fsp3) is 0.167. The summed E-state index contributed by atoms with van der Waals surface area (Å²) < 4.78 is 58.4. The van der Waals surface area contributed by atoms with Gasteiger partial charge in [-0.3, -0.25) is 4.98 Å². The highest BCUT2D eigenvalue weighted by Gasteiger charge is 2.34. The van der Waals surface area contributed by atoms with Crippen molar-refractivity contribution >= 4 is 32.6 Å². The minimum absolute atomic E-state index is 0.0445. The van der Waals surface area contributed by atoms with E-state index in [0.717, 1.165) is 6.20 Å². The van der Waals surface area contributed by atoms with Crippen molar-refractivity contribution < 1.29 is 21.6 Å². The van der Waals surface area contributed by atoms with E-state index >= 15 is 0 Å². The minimum Gasteiger partial charge on any atom is -0.251 e. The Labute approximate surface area is 96.9 Å². The van der Waals surface area contributed by atoms with Crippen molar-refractivity contribution in [3.63, 3.8) is 0 Å². The fourth-order valence-electron chi connectivity index (χ4n) is 0.793. The van der Waals surface area contributed by atoms with E-state index in [4.69, 9.17) is 5.14 Å². The average Bonchev–Trinajstić information content (AvgIpc) is 2.00. The summed E-state index contributed by atoms with van der Waals surface area (Å²) in [6.07, 6.45) is -3.88. The van der Waals surface area contributed by atoms with E-state index in [0.29, 0.717) is 6.07 Å². The maximum absolute atomic E-state index is 12.2. The van der Waals surface area contributed by atoms with Gasteiger partial charge in [-0.25, -0.2) is 13.6 Å². The molecular formula is C6H4F3IN2O2S. The van der Waals surface area contributed by atoms with E-state index in [-0.39, 0.29) is 3.57 Å². The number of nitrogens with two attached hydrogens (primary N) is 1. The number of primary sulfonamides is 1. The molecule has 2 N–H and O–H groups in total. The quantitative estimate of drug-likeness (QED) is 0.776. The lowest BCUT2D eigenvalue weighted by atomic mass is 10.3. The van der Waals surface area contributed by atoms with Gasteiger partial charge in [-0.05, 0) is 28.7 Å². The number of alkyl halides is 3. The second-order valence-corrected chi connectivity index (χ2v) is 5.23. The van der Waals surface area contributed by atoms with Gasteiger partial charge in [0.1, 0.15) is 5.69 Å². The molecule has 1 heterocycles. The van der Waals surface area contributed by atoms with Crippen molar-refractivity contribution in [1.29, 1.82) is 0 Å². The van der Waals surface area contributed by atoms with Gasteiger partial charge in [0.15, 0.2) is 0 Å². The first-order valence-corrected chi connectivity index (χ1v) is 6.00. The molecule has 84 valence electrons. The van der Waals surface area contributed by atoms with Crippen LogP contribution in [0.2, 0.25) is 0 Å². The number of aromatic nitrogens is 1. The minimum atomic E-state index is -4.69. The Morgan fingerprint density at radius 2 is 1.93 bits per heavy atom. The molecule has 1 rings (SSSR count). The molecule has 15 heavy (non-hydrogen) atoms. The highest BCUT2D eigenvalue weighted by Crippen LogP contribution is 2.29. The molecule has 1 aromatic rings. The molecule has 0 aromatic carbocycles. The van der Waals surface area contributed by atoms with Gasteiger partial charge in [-0.1, -0.05) is 0 Å². The summed E-state index contributed by atoms with van der Waals surface area (Å²) in [4.78, 5) is 2.49. The Hall–Kier alpha value is -0.420. The number of nitrogens with zero attached hydrogens (tertiary/aromatic N) is 1. The third-order valence-electron chi connectivity index (χ3n) is 1.42. The predicted octanol–water partition coefficient (Wildman–Crippen LogP) is 1.35. The zero-order chi connectivity index (χ0) is 11.9. The van der Waals surface area contributed by atoms with E-state index < -0.39 is 26.8 Å². The second kappa shape index (κ2) is 3.87. The number of rotatable bonds is 1. The molecule has 0 spiro atoms. The Morgan fingerprint density at radius 1 is 1.40 bits per heavy atom. The lowest BCUT2D eigenvalue weighted by Gasteiger charge is -2.07. The van der Waals surface area contributed by atoms with Crippen molar-refractivity contribution in [2.45, 2.75) is 11.1 Å². The Morgan fingerprint density at radius 3 is 2.33 bits per heavy atom. The smallest absolute Gasteiger partial charge is 0.251 e. The Balaban J connectivity index is 3.43. The highest BCUT2D eigenvalue weighted by molar-refractivity contribution is 14.1. The summed E-state index contributed by atoms with van der Waals surface area (Å²) >= 11 is 1.54. The normalized spacial score (nSPS) is 12.9. The van der Waals surface area contributed by atoms with E-state index in [1.165, 1.54) is 0 Å². The van der Waals surface area contributed by atoms with Crippen LogP contribution < -0.4 is 5.14 Å². The van der Waals surface area contributed by atoms with Gasteiger partial charge in [0.25, 0.3) is 0 Å². The molecule has 0 aliphatic rings. The van der Waals surface area contributed by atoms with Crippen LogP contribution in [0.3, 0.4) is 0 Å². The first-order chi connectivity index (χ1) is 6.62. The van der Waals surface area contributed by atoms with Gasteiger partial charge >= 0.3 is 6.18 Å². The maximum Gasteiger partial charge on any atom is 0.433 e. The van der Waals surface area contributed by atoms with Crippen LogP contribution >= 0.6 is 22.6 Å². The van der Waals surface area contributed by atoms with Crippen LogP contribution in [0.5, 0.6) is 0 Å². The molecule has 4 nitrogen and oxygen atoms in total. The zero-order valence-electron chi connectivity index (χ0n) is 6.92. The van der Waals surface area contributed by atoms with Gasteiger partial charge in [-0.15, -0.1) is 0 Å². The molecule has 9 heteroatoms. The second-order valence-electron chi connectivity index (χ2n) is 2.54. The summed E-state index contributed by atoms with van der Waals surface area (Å²) in [5.41, 5.74) is -1.29. The summed E-state index contributed by atoms with van der Waals surface area (Å²) in [6.45, 7) is 0. The monoisotopic (exact) mass is 352 g/mol. The van der Waals surface area contributed by atoms with Gasteiger partial charge < -0.3 is 0 Å². The van der Waals surface area contributed by atoms with Crippen LogP contribution in [0.15, 0.2) is 17.2 Å². The molecule has 0 saturated carbocycles. The van der Waals surface area contributed by atoms with Crippen LogP contribution in [-0.2, 0) is 16.2 Å². The summed E-state index contributed by atoms with van der Waals surface area (Å²) in [5.74, 6) is 0. The molecule has 0 aliphatic carbocycles. The van der Waals surface area contributed by atoms with Gasteiger partial charge in [0, 0.05) is 6.20 Å². The molecular weight excluding hydrogens is 348 g/mol. The van der Waals surface area contributed by atoms with Crippen molar-refractivity contribution in [2.24, 2.45) is 5.14 Å². The molecule has 0 fully saturated rings. The van der Waals surface area contributed by atoms with Crippen LogP contribution in [0.1, 0.15) is 5.69 Å². The molecule has 0 atom stereocenters. The maximum atomic E-state index is 12.2. The standard InChI is InChI=1S/C6H4F3IN2O2S/c7-6(8,9)5-1-4(15(11,13)14)3(10)2-12-5/h1-2H,(H2,11,13,14). The van der Waals surface area contributed by atoms with E-state index in [9.17, 15) is 21.6 Å². The number of halogens is 4.